The molecule has 0 amide bonds. The Labute approximate surface area is 125 Å². The van der Waals surface area contributed by atoms with Crippen LogP contribution in [0.5, 0.6) is 0 Å². The Hall–Kier alpha value is -1.35. The van der Waals surface area contributed by atoms with Gasteiger partial charge in [-0.2, -0.15) is 0 Å². The summed E-state index contributed by atoms with van der Waals surface area (Å²) in [5, 5.41) is 8.92. The Morgan fingerprint density at radius 3 is 2.60 bits per heavy atom. The molecule has 4 heteroatoms. The Bertz CT molecular complexity index is 589. The van der Waals surface area contributed by atoms with E-state index in [1.54, 1.807) is 0 Å². The monoisotopic (exact) mass is 289 g/mol. The van der Waals surface area contributed by atoms with Gasteiger partial charge in [-0.05, 0) is 29.9 Å². The molecule has 3 nitrogen and oxygen atoms in total. The Kier molecular flexibility index (Phi) is 3.55. The smallest absolute Gasteiger partial charge is 0.225 e. The third kappa shape index (κ3) is 2.35. The lowest BCUT2D eigenvalue weighted by molar-refractivity contribution is 0.145. The van der Waals surface area contributed by atoms with Crippen LogP contribution in [0, 0.1) is 5.41 Å². The fourth-order valence-corrected chi connectivity index (χ4v) is 3.52. The summed E-state index contributed by atoms with van der Waals surface area (Å²) in [6, 6.07) is 10.5. The first kappa shape index (κ1) is 13.6. The molecule has 1 unspecified atom stereocenters. The number of halogens is 1. The topological polar surface area (TPSA) is 30.7 Å². The summed E-state index contributed by atoms with van der Waals surface area (Å²) in [4.78, 5) is 0. The van der Waals surface area contributed by atoms with Gasteiger partial charge >= 0.3 is 0 Å². The first-order valence-electron chi connectivity index (χ1n) is 7.25. The van der Waals surface area contributed by atoms with Crippen molar-refractivity contribution in [2.24, 2.45) is 5.41 Å². The van der Waals surface area contributed by atoms with Crippen LogP contribution in [-0.2, 0) is 0 Å². The third-order valence-corrected chi connectivity index (χ3v) is 4.71. The molecule has 1 saturated carbocycles. The van der Waals surface area contributed by atoms with E-state index >= 15 is 0 Å². The second-order valence-corrected chi connectivity index (χ2v) is 6.62. The van der Waals surface area contributed by atoms with Crippen LogP contribution in [0.15, 0.2) is 30.3 Å². The van der Waals surface area contributed by atoms with Gasteiger partial charge in [0.25, 0.3) is 0 Å². The molecular weight excluding hydrogens is 270 g/mol. The minimum atomic E-state index is 0.230. The summed E-state index contributed by atoms with van der Waals surface area (Å²) < 4.78 is 2.13. The number of nitrogens with zero attached hydrogens (tertiary/aromatic N) is 3. The van der Waals surface area contributed by atoms with Crippen molar-refractivity contribution in [3.05, 3.63) is 35.6 Å². The average Bonchev–Trinajstić information content (AvgIpc) is 2.81. The molecule has 1 fully saturated rings. The van der Waals surface area contributed by atoms with E-state index in [2.05, 4.69) is 40.7 Å². The molecule has 3 rings (SSSR count). The summed E-state index contributed by atoms with van der Waals surface area (Å²) in [5.41, 5.74) is 1.31. The predicted octanol–water partition coefficient (Wildman–Crippen LogP) is 4.74. The maximum absolute atomic E-state index is 6.34. The molecule has 1 aromatic carbocycles. The highest BCUT2D eigenvalue weighted by Gasteiger charge is 2.36. The molecule has 0 saturated heterocycles. The largest absolute Gasteiger partial charge is 0.294 e. The highest BCUT2D eigenvalue weighted by Crippen LogP contribution is 2.46. The van der Waals surface area contributed by atoms with Gasteiger partial charge in [-0.15, -0.1) is 10.2 Å². The van der Waals surface area contributed by atoms with Gasteiger partial charge in [0.2, 0.25) is 5.28 Å². The molecule has 0 radical (unpaired) electrons. The minimum Gasteiger partial charge on any atom is -0.294 e. The van der Waals surface area contributed by atoms with Crippen molar-refractivity contribution in [2.75, 3.05) is 0 Å². The Morgan fingerprint density at radius 1 is 1.15 bits per heavy atom. The molecule has 0 bridgehead atoms. The quantitative estimate of drug-likeness (QED) is 0.799. The third-order valence-electron chi connectivity index (χ3n) is 4.45. The van der Waals surface area contributed by atoms with Crippen LogP contribution in [0.4, 0.5) is 0 Å². The van der Waals surface area contributed by atoms with Crippen molar-refractivity contribution < 1.29 is 0 Å². The van der Waals surface area contributed by atoms with Gasteiger partial charge in [0.05, 0.1) is 0 Å². The number of hydrogen-bond acceptors (Lipinski definition) is 2. The van der Waals surface area contributed by atoms with Gasteiger partial charge in [0.15, 0.2) is 5.82 Å². The lowest BCUT2D eigenvalue weighted by Gasteiger charge is -2.40. The minimum absolute atomic E-state index is 0.230. The summed E-state index contributed by atoms with van der Waals surface area (Å²) in [6.07, 6.45) is 4.91. The molecule has 20 heavy (non-hydrogen) atoms. The van der Waals surface area contributed by atoms with Crippen molar-refractivity contribution in [1.29, 1.82) is 0 Å². The average molecular weight is 290 g/mol. The normalized spacial score (nSPS) is 21.9. The van der Waals surface area contributed by atoms with E-state index in [0.717, 1.165) is 17.8 Å². The van der Waals surface area contributed by atoms with Crippen molar-refractivity contribution in [2.45, 2.75) is 45.6 Å². The van der Waals surface area contributed by atoms with Crippen LogP contribution in [-0.4, -0.2) is 14.8 Å². The highest BCUT2D eigenvalue weighted by atomic mass is 35.5. The standard InChI is InChI=1S/C16H20ClN3/c1-16(2)11-7-6-10-13(16)20-14(18-19-15(20)17)12-8-4-3-5-9-12/h3-5,8-9,13H,6-7,10-11H2,1-2H3. The van der Waals surface area contributed by atoms with Crippen molar-refractivity contribution >= 4 is 11.6 Å². The molecule has 0 aliphatic heterocycles. The Morgan fingerprint density at radius 2 is 1.90 bits per heavy atom. The SMILES string of the molecule is CC1(C)CCCCC1n1c(Cl)nnc1-c1ccccc1. The van der Waals surface area contributed by atoms with Gasteiger partial charge in [0.1, 0.15) is 0 Å². The maximum Gasteiger partial charge on any atom is 0.225 e. The van der Waals surface area contributed by atoms with Crippen LogP contribution >= 0.6 is 11.6 Å². The van der Waals surface area contributed by atoms with Crippen LogP contribution in [0.3, 0.4) is 0 Å². The molecule has 1 atom stereocenters. The predicted molar refractivity (Wildman–Crippen MR) is 81.8 cm³/mol. The van der Waals surface area contributed by atoms with Gasteiger partial charge in [0, 0.05) is 11.6 Å². The summed E-state index contributed by atoms with van der Waals surface area (Å²) in [5.74, 6) is 0.885. The zero-order chi connectivity index (χ0) is 14.2. The lowest BCUT2D eigenvalue weighted by Crippen LogP contribution is -2.31. The summed E-state index contributed by atoms with van der Waals surface area (Å²) in [6.45, 7) is 4.64. The van der Waals surface area contributed by atoms with E-state index in [1.807, 2.05) is 18.2 Å². The zero-order valence-corrected chi connectivity index (χ0v) is 12.8. The van der Waals surface area contributed by atoms with Crippen molar-refractivity contribution in [1.82, 2.24) is 14.8 Å². The van der Waals surface area contributed by atoms with E-state index in [-0.39, 0.29) is 5.41 Å². The number of rotatable bonds is 2. The van der Waals surface area contributed by atoms with E-state index in [4.69, 9.17) is 11.6 Å². The lowest BCUT2D eigenvalue weighted by atomic mass is 9.73. The fourth-order valence-electron chi connectivity index (χ4n) is 3.29. The van der Waals surface area contributed by atoms with Gasteiger partial charge in [-0.25, -0.2) is 0 Å². The van der Waals surface area contributed by atoms with E-state index < -0.39 is 0 Å². The number of hydrogen-bond donors (Lipinski definition) is 0. The second kappa shape index (κ2) is 5.21. The molecular formula is C16H20ClN3. The fraction of sp³-hybridized carbons (Fsp3) is 0.500. The van der Waals surface area contributed by atoms with Crippen LogP contribution in [0.1, 0.15) is 45.6 Å². The molecule has 1 aliphatic rings. The molecule has 0 spiro atoms. The van der Waals surface area contributed by atoms with Gasteiger partial charge < -0.3 is 0 Å². The van der Waals surface area contributed by atoms with Crippen LogP contribution in [0.2, 0.25) is 5.28 Å². The van der Waals surface area contributed by atoms with Crippen LogP contribution < -0.4 is 0 Å². The summed E-state index contributed by atoms with van der Waals surface area (Å²) in [7, 11) is 0. The molecule has 106 valence electrons. The highest BCUT2D eigenvalue weighted by molar-refractivity contribution is 6.28. The second-order valence-electron chi connectivity index (χ2n) is 6.28. The number of aromatic nitrogens is 3. The first-order chi connectivity index (χ1) is 9.59. The van der Waals surface area contributed by atoms with Crippen LogP contribution in [0.25, 0.3) is 11.4 Å². The van der Waals surface area contributed by atoms with Gasteiger partial charge in [-0.3, -0.25) is 4.57 Å². The summed E-state index contributed by atoms with van der Waals surface area (Å²) >= 11 is 6.34. The number of benzene rings is 1. The van der Waals surface area contributed by atoms with E-state index in [9.17, 15) is 0 Å². The Balaban J connectivity index is 2.08. The van der Waals surface area contributed by atoms with Crippen molar-refractivity contribution in [3.8, 4) is 11.4 Å². The van der Waals surface area contributed by atoms with E-state index in [0.29, 0.717) is 11.3 Å². The molecule has 2 aromatic rings. The van der Waals surface area contributed by atoms with E-state index in [1.165, 1.54) is 19.3 Å². The van der Waals surface area contributed by atoms with Crippen molar-refractivity contribution in [3.63, 3.8) is 0 Å². The molecule has 1 heterocycles. The first-order valence-corrected chi connectivity index (χ1v) is 7.63. The molecule has 1 aliphatic carbocycles. The maximum atomic E-state index is 6.34. The van der Waals surface area contributed by atoms with Gasteiger partial charge in [-0.1, -0.05) is 57.0 Å². The zero-order valence-electron chi connectivity index (χ0n) is 12.0. The molecule has 1 aromatic heterocycles. The molecule has 0 N–H and O–H groups in total.